The van der Waals surface area contributed by atoms with E-state index in [-0.39, 0.29) is 5.91 Å². The minimum Gasteiger partial charge on any atom is -0.491 e. The van der Waals surface area contributed by atoms with E-state index in [9.17, 15) is 4.79 Å². The maximum atomic E-state index is 12.4. The Labute approximate surface area is 189 Å². The molecule has 3 heterocycles. The Hall–Kier alpha value is -2.99. The van der Waals surface area contributed by atoms with Crippen molar-refractivity contribution >= 4 is 17.7 Å². The van der Waals surface area contributed by atoms with Gasteiger partial charge >= 0.3 is 0 Å². The molecule has 1 amide bonds. The molecule has 6 nitrogen and oxygen atoms in total. The standard InChI is InChI=1S/C26H31N3O3/c30-26(22-18-21-6-1-2-9-24(21)32-19-22)27-11-3-4-12-28-13-15-29(16-14-28)23-8-5-7-20-10-17-31-25(20)23/h1-2,5-9,18H,3-4,10-17,19H2,(H,27,30). The quantitative estimate of drug-likeness (QED) is 0.680. The van der Waals surface area contributed by atoms with E-state index < -0.39 is 0 Å². The topological polar surface area (TPSA) is 54.0 Å². The summed E-state index contributed by atoms with van der Waals surface area (Å²) in [7, 11) is 0. The summed E-state index contributed by atoms with van der Waals surface area (Å²) in [4.78, 5) is 17.4. The molecule has 0 aromatic heterocycles. The average molecular weight is 434 g/mol. The molecule has 0 saturated carbocycles. The van der Waals surface area contributed by atoms with E-state index in [1.54, 1.807) is 0 Å². The second kappa shape index (κ2) is 9.65. The molecular formula is C26H31N3O3. The predicted molar refractivity (Wildman–Crippen MR) is 126 cm³/mol. The minimum absolute atomic E-state index is 0.0225. The SMILES string of the molecule is O=C(NCCCCN1CCN(c2cccc3c2OCC3)CC1)C1=Cc2ccccc2OC1. The molecule has 1 saturated heterocycles. The molecule has 168 valence electrons. The summed E-state index contributed by atoms with van der Waals surface area (Å²) in [5.74, 6) is 1.91. The largest absolute Gasteiger partial charge is 0.491 e. The van der Waals surface area contributed by atoms with Crippen LogP contribution < -0.4 is 19.7 Å². The Morgan fingerprint density at radius 3 is 2.75 bits per heavy atom. The number of carbonyl (C=O) groups is 1. The lowest BCUT2D eigenvalue weighted by Crippen LogP contribution is -2.46. The Kier molecular flexibility index (Phi) is 6.30. The van der Waals surface area contributed by atoms with Crippen LogP contribution in [0.25, 0.3) is 6.08 Å². The molecule has 0 unspecified atom stereocenters. The van der Waals surface area contributed by atoms with Gasteiger partial charge in [-0.1, -0.05) is 30.3 Å². The Morgan fingerprint density at radius 2 is 1.84 bits per heavy atom. The van der Waals surface area contributed by atoms with E-state index in [1.165, 1.54) is 11.3 Å². The van der Waals surface area contributed by atoms with Crippen LogP contribution in [0.1, 0.15) is 24.0 Å². The molecule has 2 aromatic rings. The molecular weight excluding hydrogens is 402 g/mol. The number of rotatable bonds is 7. The highest BCUT2D eigenvalue weighted by molar-refractivity contribution is 5.99. The van der Waals surface area contributed by atoms with Gasteiger partial charge in [-0.05, 0) is 43.2 Å². The molecule has 6 heteroatoms. The predicted octanol–water partition coefficient (Wildman–Crippen LogP) is 3.12. The van der Waals surface area contributed by atoms with Crippen molar-refractivity contribution in [2.75, 3.05) is 57.4 Å². The first-order valence-corrected chi connectivity index (χ1v) is 11.7. The zero-order chi connectivity index (χ0) is 21.8. The Balaban J connectivity index is 1.01. The van der Waals surface area contributed by atoms with Crippen LogP contribution in [0.3, 0.4) is 0 Å². The summed E-state index contributed by atoms with van der Waals surface area (Å²) in [6.07, 6.45) is 5.03. The molecule has 0 bridgehead atoms. The van der Waals surface area contributed by atoms with Crippen molar-refractivity contribution in [1.82, 2.24) is 10.2 Å². The van der Waals surface area contributed by atoms with Crippen molar-refractivity contribution in [2.45, 2.75) is 19.3 Å². The van der Waals surface area contributed by atoms with Crippen molar-refractivity contribution in [1.29, 1.82) is 0 Å². The molecule has 0 radical (unpaired) electrons. The lowest BCUT2D eigenvalue weighted by molar-refractivity contribution is -0.117. The van der Waals surface area contributed by atoms with Gasteiger partial charge in [-0.25, -0.2) is 0 Å². The molecule has 3 aliphatic rings. The van der Waals surface area contributed by atoms with Gasteiger partial charge in [-0.15, -0.1) is 0 Å². The molecule has 2 aromatic carbocycles. The monoisotopic (exact) mass is 433 g/mol. The van der Waals surface area contributed by atoms with Gasteiger partial charge in [0.05, 0.1) is 17.9 Å². The van der Waals surface area contributed by atoms with Crippen LogP contribution in [-0.4, -0.2) is 63.3 Å². The van der Waals surface area contributed by atoms with E-state index in [2.05, 4.69) is 33.3 Å². The second-order valence-electron chi connectivity index (χ2n) is 8.65. The number of fused-ring (bicyclic) bond motifs is 2. The fourth-order valence-electron chi connectivity index (χ4n) is 4.68. The van der Waals surface area contributed by atoms with Crippen LogP contribution in [0.5, 0.6) is 11.5 Å². The van der Waals surface area contributed by atoms with Crippen LogP contribution >= 0.6 is 0 Å². The van der Waals surface area contributed by atoms with Crippen LogP contribution in [0.2, 0.25) is 0 Å². The summed E-state index contributed by atoms with van der Waals surface area (Å²) in [6, 6.07) is 14.3. The number of amides is 1. The van der Waals surface area contributed by atoms with Gasteiger partial charge in [0, 0.05) is 44.7 Å². The summed E-state index contributed by atoms with van der Waals surface area (Å²) in [5, 5.41) is 3.05. The number of carbonyl (C=O) groups excluding carboxylic acids is 1. The van der Waals surface area contributed by atoms with Gasteiger partial charge in [-0.2, -0.15) is 0 Å². The highest BCUT2D eigenvalue weighted by atomic mass is 16.5. The van der Waals surface area contributed by atoms with E-state index in [0.29, 0.717) is 18.7 Å². The number of hydrogen-bond acceptors (Lipinski definition) is 5. The third-order valence-corrected chi connectivity index (χ3v) is 6.52. The number of benzene rings is 2. The maximum Gasteiger partial charge on any atom is 0.250 e. The zero-order valence-corrected chi connectivity index (χ0v) is 18.5. The smallest absolute Gasteiger partial charge is 0.250 e. The summed E-state index contributed by atoms with van der Waals surface area (Å²) >= 11 is 0. The first kappa shape index (κ1) is 20.9. The molecule has 1 fully saturated rings. The summed E-state index contributed by atoms with van der Waals surface area (Å²) in [6.45, 7) is 7.12. The fourth-order valence-corrected chi connectivity index (χ4v) is 4.68. The molecule has 0 aliphatic carbocycles. The molecule has 0 spiro atoms. The average Bonchev–Trinajstić information content (AvgIpc) is 3.33. The Bertz CT molecular complexity index is 996. The Morgan fingerprint density at radius 1 is 0.969 bits per heavy atom. The van der Waals surface area contributed by atoms with Gasteiger partial charge in [0.15, 0.2) is 0 Å². The van der Waals surface area contributed by atoms with Gasteiger partial charge in [0.1, 0.15) is 18.1 Å². The number of para-hydroxylation sites is 2. The highest BCUT2D eigenvalue weighted by Crippen LogP contribution is 2.36. The van der Waals surface area contributed by atoms with E-state index in [0.717, 1.165) is 75.7 Å². The fraction of sp³-hybridized carbons (Fsp3) is 0.423. The lowest BCUT2D eigenvalue weighted by atomic mass is 10.1. The number of piperazine rings is 1. The molecule has 1 N–H and O–H groups in total. The van der Waals surface area contributed by atoms with Gasteiger partial charge in [-0.3, -0.25) is 9.69 Å². The van der Waals surface area contributed by atoms with Crippen LogP contribution in [-0.2, 0) is 11.2 Å². The van der Waals surface area contributed by atoms with E-state index in [1.807, 2.05) is 30.3 Å². The number of ether oxygens (including phenoxy) is 2. The van der Waals surface area contributed by atoms with Crippen LogP contribution in [0.15, 0.2) is 48.0 Å². The molecule has 0 atom stereocenters. The summed E-state index contributed by atoms with van der Waals surface area (Å²) < 4.78 is 11.6. The molecule has 32 heavy (non-hydrogen) atoms. The van der Waals surface area contributed by atoms with Gasteiger partial charge in [0.2, 0.25) is 0 Å². The lowest BCUT2D eigenvalue weighted by Gasteiger charge is -2.36. The van der Waals surface area contributed by atoms with Crippen LogP contribution in [0.4, 0.5) is 5.69 Å². The van der Waals surface area contributed by atoms with Crippen molar-refractivity contribution < 1.29 is 14.3 Å². The minimum atomic E-state index is -0.0225. The normalized spacial score (nSPS) is 17.6. The first-order valence-electron chi connectivity index (χ1n) is 11.7. The number of hydrogen-bond donors (Lipinski definition) is 1. The van der Waals surface area contributed by atoms with Crippen LogP contribution in [0, 0.1) is 0 Å². The number of anilines is 1. The number of nitrogens with zero attached hydrogens (tertiary/aromatic N) is 2. The van der Waals surface area contributed by atoms with Crippen molar-refractivity contribution in [3.8, 4) is 11.5 Å². The first-order chi connectivity index (χ1) is 15.8. The maximum absolute atomic E-state index is 12.4. The highest BCUT2D eigenvalue weighted by Gasteiger charge is 2.23. The van der Waals surface area contributed by atoms with Gasteiger partial charge < -0.3 is 19.7 Å². The van der Waals surface area contributed by atoms with E-state index >= 15 is 0 Å². The van der Waals surface area contributed by atoms with Crippen molar-refractivity contribution in [3.63, 3.8) is 0 Å². The molecule has 5 rings (SSSR count). The molecule has 3 aliphatic heterocycles. The third kappa shape index (κ3) is 4.60. The van der Waals surface area contributed by atoms with Crippen molar-refractivity contribution in [2.24, 2.45) is 0 Å². The zero-order valence-electron chi connectivity index (χ0n) is 18.5. The third-order valence-electron chi connectivity index (χ3n) is 6.52. The second-order valence-corrected chi connectivity index (χ2v) is 8.65. The van der Waals surface area contributed by atoms with Crippen molar-refractivity contribution in [3.05, 3.63) is 59.2 Å². The number of nitrogens with one attached hydrogen (secondary N) is 1. The number of unbranched alkanes of at least 4 members (excludes halogenated alkanes) is 1. The summed E-state index contributed by atoms with van der Waals surface area (Å²) in [5.41, 5.74) is 4.25. The van der Waals surface area contributed by atoms with Gasteiger partial charge in [0.25, 0.3) is 5.91 Å². The van der Waals surface area contributed by atoms with E-state index in [4.69, 9.17) is 9.47 Å².